The van der Waals surface area contributed by atoms with Gasteiger partial charge in [0.05, 0.1) is 0 Å². The molecule has 4 nitrogen and oxygen atoms in total. The Morgan fingerprint density at radius 3 is 2.59 bits per heavy atom. The topological polar surface area (TPSA) is 34.0 Å². The van der Waals surface area contributed by atoms with Crippen LogP contribution in [0.25, 0.3) is 0 Å². The predicted molar refractivity (Wildman–Crippen MR) is 93.6 cm³/mol. The van der Waals surface area contributed by atoms with Crippen LogP contribution in [-0.4, -0.2) is 21.8 Å². The van der Waals surface area contributed by atoms with Crippen molar-refractivity contribution in [2.75, 3.05) is 11.9 Å². The molecule has 22 heavy (non-hydrogen) atoms. The lowest BCUT2D eigenvalue weighted by atomic mass is 9.89. The van der Waals surface area contributed by atoms with Gasteiger partial charge in [0.15, 0.2) is 0 Å². The molecule has 0 radical (unpaired) electrons. The molecule has 0 atom stereocenters. The van der Waals surface area contributed by atoms with Gasteiger partial charge in [-0.3, -0.25) is 4.57 Å². The summed E-state index contributed by atoms with van der Waals surface area (Å²) in [5, 5.41) is 9.57. The first-order valence-electron chi connectivity index (χ1n) is 7.55. The quantitative estimate of drug-likeness (QED) is 0.811. The molecule has 0 bridgehead atoms. The molecule has 0 unspecified atom stereocenters. The van der Waals surface area contributed by atoms with Crippen LogP contribution in [0.3, 0.4) is 0 Å². The molecule has 0 aliphatic heterocycles. The summed E-state index contributed by atoms with van der Waals surface area (Å²) in [5.74, 6) is 2.52. The molecule has 2 aromatic rings. The largest absolute Gasteiger partial charge is 0.314 e. The lowest BCUT2D eigenvalue weighted by molar-refractivity contribution is 0.420. The second-order valence-electron chi connectivity index (χ2n) is 5.79. The predicted octanol–water partition coefficient (Wildman–Crippen LogP) is 4.71. The van der Waals surface area contributed by atoms with Crippen molar-refractivity contribution in [3.05, 3.63) is 35.1 Å². The summed E-state index contributed by atoms with van der Waals surface area (Å²) in [7, 11) is 4.06. The third kappa shape index (κ3) is 3.39. The van der Waals surface area contributed by atoms with Crippen LogP contribution in [0.2, 0.25) is 5.02 Å². The number of anilines is 2. The van der Waals surface area contributed by atoms with E-state index in [0.717, 1.165) is 22.5 Å². The monoisotopic (exact) mass is 340 g/mol. The Bertz CT molecular complexity index is 620. The first-order chi connectivity index (χ1) is 10.2. The van der Waals surface area contributed by atoms with E-state index in [2.05, 4.69) is 21.8 Å². The minimum absolute atomic E-state index is 0. The van der Waals surface area contributed by atoms with E-state index in [0.29, 0.717) is 5.92 Å². The van der Waals surface area contributed by atoms with E-state index in [4.69, 9.17) is 11.6 Å². The van der Waals surface area contributed by atoms with E-state index in [-0.39, 0.29) is 12.4 Å². The normalized spacial score (nSPS) is 15.4. The van der Waals surface area contributed by atoms with Crippen LogP contribution in [0.4, 0.5) is 11.6 Å². The summed E-state index contributed by atoms with van der Waals surface area (Å²) in [4.78, 5) is 2.03. The lowest BCUT2D eigenvalue weighted by Gasteiger charge is -2.22. The van der Waals surface area contributed by atoms with Crippen LogP contribution < -0.4 is 4.90 Å². The smallest absolute Gasteiger partial charge is 0.231 e. The highest BCUT2D eigenvalue weighted by molar-refractivity contribution is 6.30. The first-order valence-corrected chi connectivity index (χ1v) is 7.93. The third-order valence-electron chi connectivity index (χ3n) is 4.35. The van der Waals surface area contributed by atoms with Crippen LogP contribution in [-0.2, 0) is 7.05 Å². The van der Waals surface area contributed by atoms with Gasteiger partial charge < -0.3 is 4.90 Å². The molecule has 0 saturated heterocycles. The van der Waals surface area contributed by atoms with Gasteiger partial charge in [0.1, 0.15) is 5.82 Å². The van der Waals surface area contributed by atoms with Crippen LogP contribution in [0.1, 0.15) is 43.8 Å². The lowest BCUT2D eigenvalue weighted by Crippen LogP contribution is -2.16. The molecule has 0 spiro atoms. The van der Waals surface area contributed by atoms with Crippen molar-refractivity contribution >= 4 is 35.6 Å². The van der Waals surface area contributed by atoms with E-state index >= 15 is 0 Å². The number of aromatic nitrogens is 3. The van der Waals surface area contributed by atoms with E-state index in [1.165, 1.54) is 32.1 Å². The van der Waals surface area contributed by atoms with Crippen LogP contribution >= 0.6 is 24.0 Å². The highest BCUT2D eigenvalue weighted by atomic mass is 35.5. The first kappa shape index (κ1) is 17.1. The minimum Gasteiger partial charge on any atom is -0.314 e. The number of hydrogen-bond donors (Lipinski definition) is 0. The number of hydrogen-bond acceptors (Lipinski definition) is 3. The molecule has 120 valence electrons. The second kappa shape index (κ2) is 7.34. The highest BCUT2D eigenvalue weighted by Gasteiger charge is 2.23. The van der Waals surface area contributed by atoms with Gasteiger partial charge in [-0.1, -0.05) is 36.9 Å². The second-order valence-corrected chi connectivity index (χ2v) is 6.23. The van der Waals surface area contributed by atoms with Crippen molar-refractivity contribution in [3.8, 4) is 0 Å². The summed E-state index contributed by atoms with van der Waals surface area (Å²) in [6, 6.07) is 7.80. The van der Waals surface area contributed by atoms with E-state index in [1.807, 2.05) is 36.2 Å². The van der Waals surface area contributed by atoms with E-state index in [9.17, 15) is 0 Å². The number of benzene rings is 1. The number of rotatable bonds is 3. The average Bonchev–Trinajstić information content (AvgIpc) is 2.89. The van der Waals surface area contributed by atoms with Gasteiger partial charge in [0.25, 0.3) is 0 Å². The van der Waals surface area contributed by atoms with Gasteiger partial charge in [0, 0.05) is 30.7 Å². The van der Waals surface area contributed by atoms with Crippen molar-refractivity contribution in [2.45, 2.75) is 38.0 Å². The number of nitrogens with zero attached hydrogens (tertiary/aromatic N) is 4. The Morgan fingerprint density at radius 1 is 1.18 bits per heavy atom. The van der Waals surface area contributed by atoms with Crippen molar-refractivity contribution in [3.63, 3.8) is 0 Å². The Labute approximate surface area is 142 Å². The van der Waals surface area contributed by atoms with Gasteiger partial charge in [-0.05, 0) is 31.0 Å². The van der Waals surface area contributed by atoms with Gasteiger partial charge in [-0.2, -0.15) is 0 Å². The maximum atomic E-state index is 6.07. The fourth-order valence-corrected chi connectivity index (χ4v) is 3.33. The highest BCUT2D eigenvalue weighted by Crippen LogP contribution is 2.33. The fraction of sp³-hybridized carbons (Fsp3) is 0.500. The van der Waals surface area contributed by atoms with Gasteiger partial charge >= 0.3 is 0 Å². The molecular weight excluding hydrogens is 319 g/mol. The summed E-state index contributed by atoms with van der Waals surface area (Å²) in [6.07, 6.45) is 6.41. The molecule has 1 aliphatic rings. The molecule has 3 rings (SSSR count). The molecule has 1 heterocycles. The van der Waals surface area contributed by atoms with Crippen LogP contribution in [0.15, 0.2) is 24.3 Å². The molecular formula is C16H22Cl2N4. The van der Waals surface area contributed by atoms with E-state index < -0.39 is 0 Å². The van der Waals surface area contributed by atoms with Gasteiger partial charge in [-0.25, -0.2) is 0 Å². The SMILES string of the molecule is CN(c1cccc(Cl)c1)c1nnc(C2CCCCC2)n1C.Cl. The Morgan fingerprint density at radius 2 is 1.91 bits per heavy atom. The molecule has 1 fully saturated rings. The van der Waals surface area contributed by atoms with Gasteiger partial charge in [0.2, 0.25) is 5.95 Å². The summed E-state index contributed by atoms with van der Waals surface area (Å²) < 4.78 is 2.12. The maximum absolute atomic E-state index is 6.07. The van der Waals surface area contributed by atoms with Crippen molar-refractivity contribution < 1.29 is 0 Å². The van der Waals surface area contributed by atoms with E-state index in [1.54, 1.807) is 0 Å². The minimum atomic E-state index is 0. The standard InChI is InChI=1S/C16H21ClN4.ClH/c1-20(14-10-6-9-13(17)11-14)16-19-18-15(21(16)2)12-7-4-3-5-8-12;/h6,9-12H,3-5,7-8H2,1-2H3;1H. The third-order valence-corrected chi connectivity index (χ3v) is 4.59. The fourth-order valence-electron chi connectivity index (χ4n) is 3.14. The Hall–Kier alpha value is -1.26. The maximum Gasteiger partial charge on any atom is 0.231 e. The molecule has 6 heteroatoms. The molecule has 1 saturated carbocycles. The van der Waals surface area contributed by atoms with Crippen molar-refractivity contribution in [1.82, 2.24) is 14.8 Å². The van der Waals surface area contributed by atoms with Crippen LogP contribution in [0, 0.1) is 0 Å². The molecule has 0 N–H and O–H groups in total. The van der Waals surface area contributed by atoms with Crippen molar-refractivity contribution in [1.29, 1.82) is 0 Å². The van der Waals surface area contributed by atoms with Crippen LogP contribution in [0.5, 0.6) is 0 Å². The zero-order valence-corrected chi connectivity index (χ0v) is 14.6. The summed E-state index contributed by atoms with van der Waals surface area (Å²) in [6.45, 7) is 0. The molecule has 1 aromatic carbocycles. The zero-order valence-electron chi connectivity index (χ0n) is 13.0. The summed E-state index contributed by atoms with van der Waals surface area (Å²) in [5.41, 5.74) is 1.02. The average molecular weight is 341 g/mol. The zero-order chi connectivity index (χ0) is 14.8. The molecule has 1 aromatic heterocycles. The molecule has 1 aliphatic carbocycles. The molecule has 0 amide bonds. The summed E-state index contributed by atoms with van der Waals surface area (Å²) >= 11 is 6.07. The Kier molecular flexibility index (Phi) is 5.70. The van der Waals surface area contributed by atoms with Crippen molar-refractivity contribution in [2.24, 2.45) is 7.05 Å². The van der Waals surface area contributed by atoms with Gasteiger partial charge in [-0.15, -0.1) is 22.6 Å². The Balaban J connectivity index is 0.00000176. The number of halogens is 2.